The van der Waals surface area contributed by atoms with Crippen molar-refractivity contribution in [3.05, 3.63) is 46.9 Å². The highest BCUT2D eigenvalue weighted by atomic mass is 19.3. The lowest BCUT2D eigenvalue weighted by Gasteiger charge is -2.28. The molecule has 2 aromatic heterocycles. The number of aryl methyl sites for hydroxylation is 1. The molecule has 0 aromatic carbocycles. The van der Waals surface area contributed by atoms with Crippen molar-refractivity contribution >= 4 is 11.8 Å². The molecule has 0 spiro atoms. The number of carboxylic acid groups (broad SMARTS) is 1. The van der Waals surface area contributed by atoms with Gasteiger partial charge in [0.25, 0.3) is 5.92 Å². The molecule has 0 radical (unpaired) electrons. The van der Waals surface area contributed by atoms with E-state index in [4.69, 9.17) is 4.74 Å². The number of hydrogen-bond acceptors (Lipinski definition) is 6. The lowest BCUT2D eigenvalue weighted by molar-refractivity contribution is -0.143. The monoisotopic (exact) mass is 514 g/mol. The highest BCUT2D eigenvalue weighted by Crippen LogP contribution is 2.44. The van der Waals surface area contributed by atoms with Gasteiger partial charge in [-0.25, -0.2) is 13.8 Å². The van der Waals surface area contributed by atoms with Gasteiger partial charge in [0.1, 0.15) is 17.6 Å². The normalized spacial score (nSPS) is 20.8. The van der Waals surface area contributed by atoms with Crippen LogP contribution in [-0.2, 0) is 17.6 Å². The zero-order chi connectivity index (χ0) is 26.0. The van der Waals surface area contributed by atoms with Gasteiger partial charge in [0.15, 0.2) is 0 Å². The molecule has 1 aliphatic carbocycles. The second-order valence-electron chi connectivity index (χ2n) is 10.6. The third kappa shape index (κ3) is 5.71. The molecule has 2 aliphatic heterocycles. The van der Waals surface area contributed by atoms with Gasteiger partial charge in [0.05, 0.1) is 7.11 Å². The summed E-state index contributed by atoms with van der Waals surface area (Å²) >= 11 is 0. The predicted molar refractivity (Wildman–Crippen MR) is 136 cm³/mol. The Morgan fingerprint density at radius 3 is 2.92 bits per heavy atom. The molecule has 37 heavy (non-hydrogen) atoms. The molecule has 2 aromatic rings. The molecule has 9 heteroatoms. The minimum atomic E-state index is -2.84. The number of methoxy groups -OCH3 is 1. The zero-order valence-electron chi connectivity index (χ0n) is 21.4. The molecular weight excluding hydrogens is 478 g/mol. The Hall–Kier alpha value is -2.81. The predicted octanol–water partition coefficient (Wildman–Crippen LogP) is 5.22. The van der Waals surface area contributed by atoms with Crippen LogP contribution in [0, 0.1) is 5.92 Å². The number of carboxylic acids is 1. The number of fused-ring (bicyclic) bond motifs is 1. The zero-order valence-corrected chi connectivity index (χ0v) is 21.4. The van der Waals surface area contributed by atoms with E-state index in [1.54, 1.807) is 30.3 Å². The highest BCUT2D eigenvalue weighted by Gasteiger charge is 2.46. The van der Waals surface area contributed by atoms with Crippen LogP contribution >= 0.6 is 0 Å². The van der Waals surface area contributed by atoms with E-state index >= 15 is 8.78 Å². The van der Waals surface area contributed by atoms with E-state index in [0.717, 1.165) is 60.7 Å². The number of aromatic nitrogens is 2. The van der Waals surface area contributed by atoms with Crippen molar-refractivity contribution in [1.82, 2.24) is 14.9 Å². The number of alkyl halides is 2. The van der Waals surface area contributed by atoms with Crippen LogP contribution in [0.4, 0.5) is 14.6 Å². The first-order valence-electron chi connectivity index (χ1n) is 13.5. The Bertz CT molecular complexity index is 1110. The van der Waals surface area contributed by atoms with Gasteiger partial charge in [0, 0.05) is 66.1 Å². The Balaban J connectivity index is 1.17. The van der Waals surface area contributed by atoms with E-state index in [1.165, 1.54) is 0 Å². The molecule has 2 N–H and O–H groups in total. The second-order valence-corrected chi connectivity index (χ2v) is 10.6. The number of nitrogens with one attached hydrogen (secondary N) is 1. The maximum atomic E-state index is 15.2. The van der Waals surface area contributed by atoms with E-state index in [-0.39, 0.29) is 13.0 Å². The van der Waals surface area contributed by atoms with E-state index in [1.807, 2.05) is 6.07 Å². The van der Waals surface area contributed by atoms with Gasteiger partial charge in [-0.2, -0.15) is 0 Å². The third-order valence-corrected chi connectivity index (χ3v) is 7.99. The second kappa shape index (κ2) is 10.9. The molecule has 3 aliphatic rings. The summed E-state index contributed by atoms with van der Waals surface area (Å²) in [4.78, 5) is 23.1. The summed E-state index contributed by atoms with van der Waals surface area (Å²) in [6.07, 6.45) is 7.35. The molecule has 2 atom stereocenters. The van der Waals surface area contributed by atoms with Gasteiger partial charge in [-0.15, -0.1) is 0 Å². The first-order chi connectivity index (χ1) is 17.9. The SMILES string of the molecule is COc1cc(CCCCC(F)(F)[C@@H]2CCN([C@@H](C(=O)O)c3cccnc3C3CC3)C2)nc2c1CCCN2. The van der Waals surface area contributed by atoms with E-state index in [2.05, 4.69) is 15.3 Å². The topological polar surface area (TPSA) is 87.6 Å². The summed E-state index contributed by atoms with van der Waals surface area (Å²) in [5.74, 6) is -2.73. The fourth-order valence-corrected chi connectivity index (χ4v) is 5.85. The Kier molecular flexibility index (Phi) is 7.60. The number of unbranched alkanes of at least 4 members (excludes halogenated alkanes) is 1. The summed E-state index contributed by atoms with van der Waals surface area (Å²) < 4.78 is 36.0. The molecule has 0 unspecified atom stereocenters. The summed E-state index contributed by atoms with van der Waals surface area (Å²) in [7, 11) is 1.65. The molecule has 0 bridgehead atoms. The van der Waals surface area contributed by atoms with Gasteiger partial charge in [-0.3, -0.25) is 14.7 Å². The number of halogens is 2. The van der Waals surface area contributed by atoms with Crippen molar-refractivity contribution in [2.24, 2.45) is 5.92 Å². The van der Waals surface area contributed by atoms with Crippen LogP contribution in [0.5, 0.6) is 5.75 Å². The number of ether oxygens (including phenoxy) is 1. The lowest BCUT2D eigenvalue weighted by atomic mass is 9.94. The summed E-state index contributed by atoms with van der Waals surface area (Å²) in [6, 6.07) is 4.54. The number of pyridine rings is 2. The van der Waals surface area contributed by atoms with Crippen molar-refractivity contribution in [2.45, 2.75) is 75.7 Å². The van der Waals surface area contributed by atoms with Crippen LogP contribution in [0.15, 0.2) is 24.4 Å². The van der Waals surface area contributed by atoms with Crippen LogP contribution in [-0.4, -0.2) is 58.6 Å². The van der Waals surface area contributed by atoms with Crippen molar-refractivity contribution < 1.29 is 23.4 Å². The van der Waals surface area contributed by atoms with Gasteiger partial charge >= 0.3 is 5.97 Å². The molecule has 200 valence electrons. The molecule has 0 amide bonds. The molecule has 1 saturated carbocycles. The van der Waals surface area contributed by atoms with Gasteiger partial charge < -0.3 is 15.2 Å². The number of carbonyl (C=O) groups is 1. The number of anilines is 1. The minimum Gasteiger partial charge on any atom is -0.496 e. The van der Waals surface area contributed by atoms with Crippen LogP contribution in [0.25, 0.3) is 0 Å². The number of likely N-dealkylation sites (tertiary alicyclic amines) is 1. The molecular formula is C28H36F2N4O3. The largest absolute Gasteiger partial charge is 0.496 e. The van der Waals surface area contributed by atoms with E-state index in [0.29, 0.717) is 43.7 Å². The molecule has 7 nitrogen and oxygen atoms in total. The smallest absolute Gasteiger partial charge is 0.325 e. The van der Waals surface area contributed by atoms with Crippen LogP contribution in [0.3, 0.4) is 0 Å². The van der Waals surface area contributed by atoms with Gasteiger partial charge in [0.2, 0.25) is 0 Å². The van der Waals surface area contributed by atoms with Crippen LogP contribution in [0.2, 0.25) is 0 Å². The fraction of sp³-hybridized carbons (Fsp3) is 0.607. The van der Waals surface area contributed by atoms with Crippen molar-refractivity contribution in [2.75, 3.05) is 32.1 Å². The summed E-state index contributed by atoms with van der Waals surface area (Å²) in [5.41, 5.74) is 3.41. The van der Waals surface area contributed by atoms with Crippen LogP contribution < -0.4 is 10.1 Å². The Labute approximate surface area is 216 Å². The number of rotatable bonds is 11. The Morgan fingerprint density at radius 2 is 2.16 bits per heavy atom. The summed E-state index contributed by atoms with van der Waals surface area (Å²) in [5, 5.41) is 13.3. The maximum absolute atomic E-state index is 15.2. The first-order valence-corrected chi connectivity index (χ1v) is 13.5. The van der Waals surface area contributed by atoms with Gasteiger partial charge in [-0.1, -0.05) is 6.07 Å². The van der Waals surface area contributed by atoms with Gasteiger partial charge in [-0.05, 0) is 64.0 Å². The van der Waals surface area contributed by atoms with Crippen LogP contribution in [0.1, 0.15) is 79.4 Å². The molecule has 1 saturated heterocycles. The lowest BCUT2D eigenvalue weighted by Crippen LogP contribution is -2.36. The van der Waals surface area contributed by atoms with Crippen molar-refractivity contribution in [3.63, 3.8) is 0 Å². The van der Waals surface area contributed by atoms with Crippen molar-refractivity contribution in [1.29, 1.82) is 0 Å². The summed E-state index contributed by atoms with van der Waals surface area (Å²) in [6.45, 7) is 1.31. The maximum Gasteiger partial charge on any atom is 0.325 e. The van der Waals surface area contributed by atoms with E-state index in [9.17, 15) is 9.90 Å². The standard InChI is InChI=1S/C28H36F2N4O3/c1-37-23-16-20(33-26-21(23)7-4-14-32-26)6-2-3-12-28(29,30)19-11-15-34(17-19)25(27(35)36)22-8-5-13-31-24(22)18-9-10-18/h5,8,13,16,18-19,25H,2-4,6-7,9-12,14-15,17H2,1H3,(H,32,33)(H,35,36)/t19-,25-/m1/s1. The quantitative estimate of drug-likeness (QED) is 0.398. The molecule has 5 rings (SSSR count). The number of aliphatic carboxylic acids is 1. The molecule has 4 heterocycles. The number of hydrogen-bond donors (Lipinski definition) is 2. The highest BCUT2D eigenvalue weighted by molar-refractivity contribution is 5.76. The average molecular weight is 515 g/mol. The van der Waals surface area contributed by atoms with Crippen molar-refractivity contribution in [3.8, 4) is 5.75 Å². The average Bonchev–Trinajstić information content (AvgIpc) is 3.62. The molecule has 2 fully saturated rings. The first kappa shape index (κ1) is 25.8. The fourth-order valence-electron chi connectivity index (χ4n) is 5.85. The number of nitrogens with zero attached hydrogens (tertiary/aromatic N) is 3. The third-order valence-electron chi connectivity index (χ3n) is 7.99. The Morgan fingerprint density at radius 1 is 1.32 bits per heavy atom. The minimum absolute atomic E-state index is 0.0816. The van der Waals surface area contributed by atoms with E-state index < -0.39 is 23.9 Å².